The summed E-state index contributed by atoms with van der Waals surface area (Å²) in [5.41, 5.74) is -1.24. The van der Waals surface area contributed by atoms with Crippen LogP contribution in [0.25, 0.3) is 0 Å². The highest BCUT2D eigenvalue weighted by Crippen LogP contribution is 2.21. The van der Waals surface area contributed by atoms with E-state index in [2.05, 4.69) is 0 Å². The van der Waals surface area contributed by atoms with Crippen molar-refractivity contribution in [1.82, 2.24) is 0 Å². The first-order valence-electron chi connectivity index (χ1n) is 5.28. The summed E-state index contributed by atoms with van der Waals surface area (Å²) in [7, 11) is -3.37. The van der Waals surface area contributed by atoms with Gasteiger partial charge >= 0.3 is 5.97 Å². The molecule has 1 fully saturated rings. The second-order valence-corrected chi connectivity index (χ2v) is 6.99. The Labute approximate surface area is 95.7 Å². The van der Waals surface area contributed by atoms with Crippen LogP contribution in [0.1, 0.15) is 26.7 Å². The fourth-order valence-electron chi connectivity index (χ4n) is 1.73. The maximum Gasteiger partial charge on any atom is 0.310 e. The topological polar surface area (TPSA) is 80.7 Å². The third kappa shape index (κ3) is 3.75. The molecule has 16 heavy (non-hydrogen) atoms. The number of hydrogen-bond acceptors (Lipinski definition) is 4. The van der Waals surface area contributed by atoms with Gasteiger partial charge < -0.3 is 9.84 Å². The molecule has 1 rings (SSSR count). The minimum absolute atomic E-state index is 0.0658. The van der Waals surface area contributed by atoms with Crippen molar-refractivity contribution in [2.24, 2.45) is 5.41 Å². The first kappa shape index (κ1) is 13.4. The van der Waals surface area contributed by atoms with E-state index in [1.54, 1.807) is 0 Å². The van der Waals surface area contributed by atoms with E-state index in [4.69, 9.17) is 9.84 Å². The zero-order valence-corrected chi connectivity index (χ0v) is 10.4. The summed E-state index contributed by atoms with van der Waals surface area (Å²) in [5.74, 6) is -1.50. The molecule has 1 aliphatic heterocycles. The van der Waals surface area contributed by atoms with Gasteiger partial charge in [-0.1, -0.05) is 0 Å². The zero-order valence-electron chi connectivity index (χ0n) is 9.60. The molecular weight excluding hydrogens is 232 g/mol. The van der Waals surface area contributed by atoms with Gasteiger partial charge in [0.1, 0.15) is 0 Å². The summed E-state index contributed by atoms with van der Waals surface area (Å²) >= 11 is 0. The zero-order chi connectivity index (χ0) is 12.4. The number of hydrogen-bond donors (Lipinski definition) is 1. The molecule has 1 heterocycles. The van der Waals surface area contributed by atoms with Gasteiger partial charge in [0.05, 0.1) is 23.0 Å². The van der Waals surface area contributed by atoms with Gasteiger partial charge in [-0.15, -0.1) is 0 Å². The van der Waals surface area contributed by atoms with Crippen LogP contribution in [0.2, 0.25) is 0 Å². The van der Waals surface area contributed by atoms with Crippen molar-refractivity contribution in [3.63, 3.8) is 0 Å². The summed E-state index contributed by atoms with van der Waals surface area (Å²) in [4.78, 5) is 10.8. The smallest absolute Gasteiger partial charge is 0.310 e. The molecule has 0 bridgehead atoms. The molecule has 1 N–H and O–H groups in total. The van der Waals surface area contributed by atoms with Gasteiger partial charge in [0.25, 0.3) is 0 Å². The molecular formula is C10H18O5S. The third-order valence-electron chi connectivity index (χ3n) is 2.62. The molecule has 0 aromatic carbocycles. The molecule has 0 aromatic rings. The van der Waals surface area contributed by atoms with E-state index >= 15 is 0 Å². The van der Waals surface area contributed by atoms with Crippen molar-refractivity contribution < 1.29 is 23.1 Å². The average molecular weight is 250 g/mol. The van der Waals surface area contributed by atoms with Crippen molar-refractivity contribution in [3.8, 4) is 0 Å². The minimum atomic E-state index is -3.37. The maximum absolute atomic E-state index is 11.8. The van der Waals surface area contributed by atoms with Crippen LogP contribution >= 0.6 is 0 Å². The number of carbonyl (C=O) groups is 1. The first-order chi connectivity index (χ1) is 7.23. The standard InChI is InChI=1S/C10H18O5S/c1-10(2,9(11)12)7-16(13,14)6-8-4-3-5-15-8/h8H,3-7H2,1-2H3,(H,11,12). The van der Waals surface area contributed by atoms with Crippen molar-refractivity contribution >= 4 is 15.8 Å². The predicted molar refractivity (Wildman–Crippen MR) is 59.0 cm³/mol. The predicted octanol–water partition coefficient (Wildman–Crippen LogP) is 0.691. The van der Waals surface area contributed by atoms with Crippen LogP contribution in [0.4, 0.5) is 0 Å². The molecule has 0 aromatic heterocycles. The Morgan fingerprint density at radius 2 is 2.12 bits per heavy atom. The average Bonchev–Trinajstić information content (AvgIpc) is 2.52. The molecule has 1 aliphatic rings. The Kier molecular flexibility index (Phi) is 3.96. The molecule has 5 nitrogen and oxygen atoms in total. The Bertz CT molecular complexity index is 351. The van der Waals surface area contributed by atoms with Crippen LogP contribution in [0, 0.1) is 5.41 Å². The second-order valence-electron chi connectivity index (χ2n) is 4.88. The summed E-state index contributed by atoms with van der Waals surface area (Å²) < 4.78 is 28.8. The highest BCUT2D eigenvalue weighted by atomic mass is 32.2. The van der Waals surface area contributed by atoms with Crippen LogP contribution in [-0.2, 0) is 19.4 Å². The second kappa shape index (κ2) is 4.71. The SMILES string of the molecule is CC(C)(CS(=O)(=O)CC1CCCO1)C(=O)O. The number of aliphatic carboxylic acids is 1. The molecule has 1 unspecified atom stereocenters. The van der Waals surface area contributed by atoms with E-state index in [-0.39, 0.29) is 17.6 Å². The Morgan fingerprint density at radius 1 is 1.50 bits per heavy atom. The molecule has 1 saturated heterocycles. The van der Waals surface area contributed by atoms with E-state index in [9.17, 15) is 13.2 Å². The number of ether oxygens (including phenoxy) is 1. The number of rotatable bonds is 5. The van der Waals surface area contributed by atoms with E-state index in [1.807, 2.05) is 0 Å². The van der Waals surface area contributed by atoms with Gasteiger partial charge in [0, 0.05) is 6.61 Å². The fourth-order valence-corrected chi connectivity index (χ4v) is 3.90. The molecule has 6 heteroatoms. The number of carboxylic acids is 1. The van der Waals surface area contributed by atoms with Gasteiger partial charge in [0.15, 0.2) is 9.84 Å². The van der Waals surface area contributed by atoms with Crippen LogP contribution in [-0.4, -0.2) is 43.7 Å². The lowest BCUT2D eigenvalue weighted by Gasteiger charge is -2.20. The van der Waals surface area contributed by atoms with E-state index < -0.39 is 21.2 Å². The highest BCUT2D eigenvalue weighted by molar-refractivity contribution is 7.91. The van der Waals surface area contributed by atoms with Crippen LogP contribution in [0.5, 0.6) is 0 Å². The van der Waals surface area contributed by atoms with Gasteiger partial charge in [-0.05, 0) is 26.7 Å². The normalized spacial score (nSPS) is 22.2. The van der Waals surface area contributed by atoms with E-state index in [1.165, 1.54) is 13.8 Å². The first-order valence-corrected chi connectivity index (χ1v) is 7.10. The van der Waals surface area contributed by atoms with Crippen molar-refractivity contribution in [1.29, 1.82) is 0 Å². The van der Waals surface area contributed by atoms with Crippen LogP contribution in [0.15, 0.2) is 0 Å². The van der Waals surface area contributed by atoms with Gasteiger partial charge in [-0.25, -0.2) is 8.42 Å². The van der Waals surface area contributed by atoms with Gasteiger partial charge in [-0.2, -0.15) is 0 Å². The van der Waals surface area contributed by atoms with Crippen LogP contribution < -0.4 is 0 Å². The minimum Gasteiger partial charge on any atom is -0.481 e. The van der Waals surface area contributed by atoms with E-state index in [0.717, 1.165) is 12.8 Å². The lowest BCUT2D eigenvalue weighted by atomic mass is 9.97. The van der Waals surface area contributed by atoms with Gasteiger partial charge in [-0.3, -0.25) is 4.79 Å². The molecule has 0 amide bonds. The van der Waals surface area contributed by atoms with Crippen molar-refractivity contribution in [2.75, 3.05) is 18.1 Å². The Balaban J connectivity index is 2.60. The number of sulfone groups is 1. The van der Waals surface area contributed by atoms with Gasteiger partial charge in [0.2, 0.25) is 0 Å². The van der Waals surface area contributed by atoms with Crippen molar-refractivity contribution in [3.05, 3.63) is 0 Å². The monoisotopic (exact) mass is 250 g/mol. The molecule has 0 saturated carbocycles. The third-order valence-corrected chi connectivity index (χ3v) is 4.66. The summed E-state index contributed by atoms with van der Waals surface area (Å²) in [5, 5.41) is 8.87. The molecule has 0 aliphatic carbocycles. The quantitative estimate of drug-likeness (QED) is 0.776. The molecule has 0 spiro atoms. The summed E-state index contributed by atoms with van der Waals surface area (Å²) in [6, 6.07) is 0. The molecule has 0 radical (unpaired) electrons. The highest BCUT2D eigenvalue weighted by Gasteiger charge is 2.35. The largest absolute Gasteiger partial charge is 0.481 e. The van der Waals surface area contributed by atoms with Crippen LogP contribution in [0.3, 0.4) is 0 Å². The Morgan fingerprint density at radius 3 is 2.56 bits per heavy atom. The summed E-state index contributed by atoms with van der Waals surface area (Å²) in [6.07, 6.45) is 1.37. The summed E-state index contributed by atoms with van der Waals surface area (Å²) in [6.45, 7) is 3.44. The lowest BCUT2D eigenvalue weighted by Crippen LogP contribution is -2.35. The molecule has 94 valence electrons. The number of carboxylic acid groups (broad SMARTS) is 1. The van der Waals surface area contributed by atoms with Crippen molar-refractivity contribution in [2.45, 2.75) is 32.8 Å². The molecule has 1 atom stereocenters. The fraction of sp³-hybridized carbons (Fsp3) is 0.900. The maximum atomic E-state index is 11.8. The van der Waals surface area contributed by atoms with E-state index in [0.29, 0.717) is 6.61 Å². The lowest BCUT2D eigenvalue weighted by molar-refractivity contribution is -0.145. The Hall–Kier alpha value is -0.620.